The highest BCUT2D eigenvalue weighted by atomic mass is 79.9. The van der Waals surface area contributed by atoms with Crippen molar-refractivity contribution in [2.45, 2.75) is 25.7 Å². The van der Waals surface area contributed by atoms with Gasteiger partial charge in [-0.2, -0.15) is 0 Å². The maximum atomic E-state index is 4.98. The summed E-state index contributed by atoms with van der Waals surface area (Å²) in [6, 6.07) is 21.2. The van der Waals surface area contributed by atoms with Crippen LogP contribution in [0.3, 0.4) is 0 Å². The molecule has 2 aromatic carbocycles. The Balaban J connectivity index is 1.95. The van der Waals surface area contributed by atoms with Crippen molar-refractivity contribution in [3.63, 3.8) is 0 Å². The van der Waals surface area contributed by atoms with Gasteiger partial charge in [-0.1, -0.05) is 64.5 Å². The fourth-order valence-corrected chi connectivity index (χ4v) is 3.88. The van der Waals surface area contributed by atoms with Crippen molar-refractivity contribution in [3.8, 4) is 22.4 Å². The Bertz CT molecular complexity index is 840. The van der Waals surface area contributed by atoms with E-state index in [2.05, 4.69) is 76.6 Å². The molecular weight excluding hydrogens is 346 g/mol. The lowest BCUT2D eigenvalue weighted by atomic mass is 9.88. The quantitative estimate of drug-likeness (QED) is 0.539. The van der Waals surface area contributed by atoms with E-state index < -0.39 is 0 Å². The van der Waals surface area contributed by atoms with E-state index in [0.29, 0.717) is 0 Å². The van der Waals surface area contributed by atoms with Crippen molar-refractivity contribution in [2.24, 2.45) is 0 Å². The minimum atomic E-state index is 1.08. The number of rotatable bonds is 2. The second-order valence-corrected chi connectivity index (χ2v) is 6.89. The van der Waals surface area contributed by atoms with E-state index in [-0.39, 0.29) is 0 Å². The highest BCUT2D eigenvalue weighted by Crippen LogP contribution is 2.37. The maximum Gasteiger partial charge on any atom is 0.0711 e. The van der Waals surface area contributed by atoms with Crippen LogP contribution in [0.4, 0.5) is 0 Å². The Morgan fingerprint density at radius 3 is 2.35 bits per heavy atom. The van der Waals surface area contributed by atoms with E-state index in [9.17, 15) is 0 Å². The van der Waals surface area contributed by atoms with E-state index in [0.717, 1.165) is 23.0 Å². The summed E-state index contributed by atoms with van der Waals surface area (Å²) in [5, 5.41) is 0. The molecule has 3 aromatic rings. The zero-order valence-corrected chi connectivity index (χ0v) is 14.5. The molecule has 0 fully saturated rings. The van der Waals surface area contributed by atoms with Gasteiger partial charge in [0.15, 0.2) is 0 Å². The molecule has 0 saturated heterocycles. The van der Waals surface area contributed by atoms with Crippen LogP contribution in [0.2, 0.25) is 0 Å². The Morgan fingerprint density at radius 1 is 0.783 bits per heavy atom. The Hall–Kier alpha value is -1.93. The molecule has 0 saturated carbocycles. The average Bonchev–Trinajstić information content (AvgIpc) is 2.62. The van der Waals surface area contributed by atoms with Crippen LogP contribution in [0.5, 0.6) is 0 Å². The standard InChI is InChI=1S/C21H18BrN/c22-19-12-6-4-10-16(19)18-14-21(15-8-2-1-3-9-15)23-20-13-7-5-11-17(18)20/h1-4,6,8-10,12,14H,5,7,11,13H2. The largest absolute Gasteiger partial charge is 0.253 e. The van der Waals surface area contributed by atoms with Crippen molar-refractivity contribution in [1.82, 2.24) is 4.98 Å². The van der Waals surface area contributed by atoms with Gasteiger partial charge in [0.1, 0.15) is 0 Å². The smallest absolute Gasteiger partial charge is 0.0711 e. The molecular formula is C21H18BrN. The molecule has 0 amide bonds. The molecule has 0 spiro atoms. The van der Waals surface area contributed by atoms with Crippen LogP contribution in [0.15, 0.2) is 65.1 Å². The van der Waals surface area contributed by atoms with Crippen molar-refractivity contribution in [1.29, 1.82) is 0 Å². The lowest BCUT2D eigenvalue weighted by Crippen LogP contribution is -2.08. The normalized spacial score (nSPS) is 13.6. The predicted molar refractivity (Wildman–Crippen MR) is 99.5 cm³/mol. The Kier molecular flexibility index (Phi) is 4.00. The minimum Gasteiger partial charge on any atom is -0.253 e. The summed E-state index contributed by atoms with van der Waals surface area (Å²) in [4.78, 5) is 4.98. The SMILES string of the molecule is Brc1ccccc1-c1cc(-c2ccccc2)nc2c1CCCC2. The topological polar surface area (TPSA) is 12.9 Å². The van der Waals surface area contributed by atoms with Gasteiger partial charge < -0.3 is 0 Å². The summed E-state index contributed by atoms with van der Waals surface area (Å²) in [6.07, 6.45) is 4.73. The maximum absolute atomic E-state index is 4.98. The van der Waals surface area contributed by atoms with Gasteiger partial charge in [0.25, 0.3) is 0 Å². The molecule has 0 aliphatic heterocycles. The van der Waals surface area contributed by atoms with Gasteiger partial charge in [-0.3, -0.25) is 4.98 Å². The molecule has 23 heavy (non-hydrogen) atoms. The molecule has 2 heteroatoms. The van der Waals surface area contributed by atoms with Crippen molar-refractivity contribution in [3.05, 3.63) is 76.4 Å². The van der Waals surface area contributed by atoms with Crippen LogP contribution >= 0.6 is 15.9 Å². The Morgan fingerprint density at radius 2 is 1.52 bits per heavy atom. The molecule has 1 aliphatic carbocycles. The first-order valence-corrected chi connectivity index (χ1v) is 8.95. The lowest BCUT2D eigenvalue weighted by Gasteiger charge is -2.21. The van der Waals surface area contributed by atoms with E-state index in [1.807, 2.05) is 0 Å². The third-order valence-corrected chi connectivity index (χ3v) is 5.23. The van der Waals surface area contributed by atoms with Gasteiger partial charge in [0.05, 0.1) is 5.69 Å². The molecule has 0 atom stereocenters. The average molecular weight is 364 g/mol. The molecule has 114 valence electrons. The molecule has 0 unspecified atom stereocenters. The molecule has 0 radical (unpaired) electrons. The first-order valence-electron chi connectivity index (χ1n) is 8.16. The van der Waals surface area contributed by atoms with Crippen LogP contribution in [0.1, 0.15) is 24.1 Å². The third kappa shape index (κ3) is 2.84. The first kappa shape index (κ1) is 14.6. The molecule has 0 bridgehead atoms. The number of hydrogen-bond donors (Lipinski definition) is 0. The molecule has 0 N–H and O–H groups in total. The summed E-state index contributed by atoms with van der Waals surface area (Å²) in [5.74, 6) is 0. The zero-order chi connectivity index (χ0) is 15.6. The highest BCUT2D eigenvalue weighted by Gasteiger charge is 2.19. The molecule has 1 aliphatic rings. The molecule has 4 rings (SSSR count). The van der Waals surface area contributed by atoms with Gasteiger partial charge >= 0.3 is 0 Å². The second-order valence-electron chi connectivity index (χ2n) is 6.03. The van der Waals surface area contributed by atoms with E-state index in [1.54, 1.807) is 0 Å². The van der Waals surface area contributed by atoms with Gasteiger partial charge in [-0.05, 0) is 54.5 Å². The fraction of sp³-hybridized carbons (Fsp3) is 0.190. The van der Waals surface area contributed by atoms with Crippen LogP contribution in [-0.2, 0) is 12.8 Å². The van der Waals surface area contributed by atoms with Crippen LogP contribution in [-0.4, -0.2) is 4.98 Å². The van der Waals surface area contributed by atoms with Crippen LogP contribution in [0, 0.1) is 0 Å². The lowest BCUT2D eigenvalue weighted by molar-refractivity contribution is 0.670. The van der Waals surface area contributed by atoms with Gasteiger partial charge in [-0.15, -0.1) is 0 Å². The summed E-state index contributed by atoms with van der Waals surface area (Å²) >= 11 is 3.72. The van der Waals surface area contributed by atoms with Gasteiger partial charge in [-0.25, -0.2) is 0 Å². The van der Waals surface area contributed by atoms with Crippen LogP contribution in [0.25, 0.3) is 22.4 Å². The summed E-state index contributed by atoms with van der Waals surface area (Å²) in [5.41, 5.74) is 7.59. The summed E-state index contributed by atoms with van der Waals surface area (Å²) in [6.45, 7) is 0. The van der Waals surface area contributed by atoms with Crippen molar-refractivity contribution in [2.75, 3.05) is 0 Å². The monoisotopic (exact) mass is 363 g/mol. The zero-order valence-electron chi connectivity index (χ0n) is 12.9. The van der Waals surface area contributed by atoms with E-state index in [4.69, 9.17) is 4.98 Å². The first-order chi connectivity index (χ1) is 11.3. The minimum absolute atomic E-state index is 1.08. The number of aryl methyl sites for hydroxylation is 1. The number of benzene rings is 2. The third-order valence-electron chi connectivity index (χ3n) is 4.53. The number of halogens is 1. The Labute approximate surface area is 145 Å². The van der Waals surface area contributed by atoms with E-state index in [1.165, 1.54) is 40.8 Å². The predicted octanol–water partition coefficient (Wildman–Crippen LogP) is 6.06. The van der Waals surface area contributed by atoms with Crippen molar-refractivity contribution < 1.29 is 0 Å². The number of fused-ring (bicyclic) bond motifs is 1. The van der Waals surface area contributed by atoms with Gasteiger partial charge in [0.2, 0.25) is 0 Å². The van der Waals surface area contributed by atoms with E-state index >= 15 is 0 Å². The second kappa shape index (κ2) is 6.29. The van der Waals surface area contributed by atoms with Crippen molar-refractivity contribution >= 4 is 15.9 Å². The number of pyridine rings is 1. The molecule has 1 nitrogen and oxygen atoms in total. The number of nitrogens with zero attached hydrogens (tertiary/aromatic N) is 1. The fourth-order valence-electron chi connectivity index (χ4n) is 3.38. The summed E-state index contributed by atoms with van der Waals surface area (Å²) in [7, 11) is 0. The molecule has 1 heterocycles. The van der Waals surface area contributed by atoms with Gasteiger partial charge in [0, 0.05) is 15.7 Å². The number of hydrogen-bond acceptors (Lipinski definition) is 1. The number of aromatic nitrogens is 1. The summed E-state index contributed by atoms with van der Waals surface area (Å²) < 4.78 is 1.15. The molecule has 1 aromatic heterocycles. The highest BCUT2D eigenvalue weighted by molar-refractivity contribution is 9.10. The van der Waals surface area contributed by atoms with Crippen LogP contribution < -0.4 is 0 Å².